The van der Waals surface area contributed by atoms with E-state index in [9.17, 15) is 4.79 Å². The number of fused-ring (bicyclic) bond motifs is 1. The maximum absolute atomic E-state index is 11.7. The zero-order chi connectivity index (χ0) is 15.4. The molecule has 0 saturated carbocycles. The van der Waals surface area contributed by atoms with Crippen molar-refractivity contribution in [3.63, 3.8) is 0 Å². The van der Waals surface area contributed by atoms with Gasteiger partial charge in [-0.15, -0.1) is 0 Å². The van der Waals surface area contributed by atoms with Crippen molar-refractivity contribution in [3.8, 4) is 0 Å². The maximum atomic E-state index is 11.7. The first-order valence-corrected chi connectivity index (χ1v) is 7.85. The minimum absolute atomic E-state index is 0.0366. The third kappa shape index (κ3) is 2.85. The van der Waals surface area contributed by atoms with Crippen LogP contribution in [-0.4, -0.2) is 18.1 Å². The van der Waals surface area contributed by atoms with E-state index in [0.717, 1.165) is 25.0 Å². The number of H-pyrrole nitrogens is 1. The molecule has 2 heterocycles. The van der Waals surface area contributed by atoms with Crippen molar-refractivity contribution < 1.29 is 4.74 Å². The molecule has 0 radical (unpaired) electrons. The summed E-state index contributed by atoms with van der Waals surface area (Å²) in [5, 5.41) is 3.40. The van der Waals surface area contributed by atoms with Crippen LogP contribution in [0.15, 0.2) is 47.4 Å². The molecule has 2 N–H and O–H groups in total. The Hall–Kier alpha value is -1.91. The zero-order valence-electron chi connectivity index (χ0n) is 12.9. The second kappa shape index (κ2) is 6.46. The number of benzene rings is 1. The molecule has 1 aliphatic rings. The smallest absolute Gasteiger partial charge is 0.252 e. The van der Waals surface area contributed by atoms with Gasteiger partial charge in [-0.3, -0.25) is 4.79 Å². The van der Waals surface area contributed by atoms with Crippen LogP contribution in [-0.2, 0) is 23.3 Å². The summed E-state index contributed by atoms with van der Waals surface area (Å²) in [6.45, 7) is 4.15. The lowest BCUT2D eigenvalue weighted by atomic mass is 9.84. The highest BCUT2D eigenvalue weighted by atomic mass is 16.5. The van der Waals surface area contributed by atoms with Crippen molar-refractivity contribution in [2.45, 2.75) is 31.9 Å². The Kier molecular flexibility index (Phi) is 4.41. The van der Waals surface area contributed by atoms with Gasteiger partial charge in [0.2, 0.25) is 0 Å². The molecule has 0 amide bonds. The third-order valence-corrected chi connectivity index (χ3v) is 4.45. The van der Waals surface area contributed by atoms with Gasteiger partial charge in [0.05, 0.1) is 6.61 Å². The average Bonchev–Trinajstić information content (AvgIpc) is 2.57. The fraction of sp³-hybridized carbons (Fsp3) is 0.389. The highest BCUT2D eigenvalue weighted by Crippen LogP contribution is 2.35. The van der Waals surface area contributed by atoms with Crippen LogP contribution in [0.3, 0.4) is 0 Å². The minimum Gasteiger partial charge on any atom is -0.369 e. The molecular weight excluding hydrogens is 276 g/mol. The van der Waals surface area contributed by atoms with E-state index in [-0.39, 0.29) is 11.2 Å². The summed E-state index contributed by atoms with van der Waals surface area (Å²) >= 11 is 0. The number of rotatable bonds is 5. The highest BCUT2D eigenvalue weighted by molar-refractivity contribution is 5.35. The van der Waals surface area contributed by atoms with Crippen molar-refractivity contribution in [1.82, 2.24) is 10.3 Å². The van der Waals surface area contributed by atoms with Crippen LogP contribution in [0.2, 0.25) is 0 Å². The normalized spacial score (nSPS) is 20.6. The SMILES string of the molecule is CCC1(CNCc2ccc[nH]c2=O)OCCc2ccccc21. The van der Waals surface area contributed by atoms with Crippen molar-refractivity contribution in [3.05, 3.63) is 69.6 Å². The van der Waals surface area contributed by atoms with Gasteiger partial charge in [-0.05, 0) is 30.0 Å². The minimum atomic E-state index is -0.295. The van der Waals surface area contributed by atoms with E-state index in [0.29, 0.717) is 13.1 Å². The van der Waals surface area contributed by atoms with Gasteiger partial charge < -0.3 is 15.0 Å². The molecule has 22 heavy (non-hydrogen) atoms. The summed E-state index contributed by atoms with van der Waals surface area (Å²) in [5.74, 6) is 0. The van der Waals surface area contributed by atoms with Gasteiger partial charge in [0.25, 0.3) is 5.56 Å². The molecule has 4 nitrogen and oxygen atoms in total. The Morgan fingerprint density at radius 3 is 2.95 bits per heavy atom. The van der Waals surface area contributed by atoms with Gasteiger partial charge >= 0.3 is 0 Å². The van der Waals surface area contributed by atoms with E-state index in [1.165, 1.54) is 11.1 Å². The Bertz CT molecular complexity index is 695. The molecule has 0 saturated heterocycles. The second-order valence-corrected chi connectivity index (χ2v) is 5.73. The van der Waals surface area contributed by atoms with Crippen molar-refractivity contribution >= 4 is 0 Å². The van der Waals surface area contributed by atoms with Gasteiger partial charge in [0.1, 0.15) is 5.60 Å². The Morgan fingerprint density at radius 2 is 2.14 bits per heavy atom. The van der Waals surface area contributed by atoms with Crippen LogP contribution < -0.4 is 10.9 Å². The van der Waals surface area contributed by atoms with E-state index >= 15 is 0 Å². The van der Waals surface area contributed by atoms with E-state index in [1.54, 1.807) is 6.20 Å². The molecule has 116 valence electrons. The van der Waals surface area contributed by atoms with Crippen LogP contribution in [0, 0.1) is 0 Å². The Labute approximate surface area is 130 Å². The van der Waals surface area contributed by atoms with Crippen LogP contribution in [0.25, 0.3) is 0 Å². The van der Waals surface area contributed by atoms with Crippen molar-refractivity contribution in [2.24, 2.45) is 0 Å². The first kappa shape index (κ1) is 15.0. The van der Waals surface area contributed by atoms with Gasteiger partial charge in [-0.2, -0.15) is 0 Å². The van der Waals surface area contributed by atoms with Gasteiger partial charge in [-0.25, -0.2) is 0 Å². The number of pyridine rings is 1. The largest absolute Gasteiger partial charge is 0.369 e. The summed E-state index contributed by atoms with van der Waals surface area (Å²) in [4.78, 5) is 14.4. The molecule has 0 fully saturated rings. The van der Waals surface area contributed by atoms with E-state index in [4.69, 9.17) is 4.74 Å². The zero-order valence-corrected chi connectivity index (χ0v) is 12.9. The molecular formula is C18H22N2O2. The Balaban J connectivity index is 1.76. The lowest BCUT2D eigenvalue weighted by Crippen LogP contribution is -2.44. The summed E-state index contributed by atoms with van der Waals surface area (Å²) in [7, 11) is 0. The number of aromatic nitrogens is 1. The molecule has 1 aromatic carbocycles. The topological polar surface area (TPSA) is 54.1 Å². The van der Waals surface area contributed by atoms with Crippen LogP contribution in [0.4, 0.5) is 0 Å². The molecule has 0 spiro atoms. The van der Waals surface area contributed by atoms with E-state index in [2.05, 4.69) is 41.5 Å². The fourth-order valence-corrected chi connectivity index (χ4v) is 3.18. The monoisotopic (exact) mass is 298 g/mol. The van der Waals surface area contributed by atoms with Gasteiger partial charge in [-0.1, -0.05) is 37.3 Å². The lowest BCUT2D eigenvalue weighted by molar-refractivity contribution is -0.0621. The average molecular weight is 298 g/mol. The van der Waals surface area contributed by atoms with Crippen molar-refractivity contribution in [2.75, 3.05) is 13.2 Å². The maximum Gasteiger partial charge on any atom is 0.252 e. The highest BCUT2D eigenvalue weighted by Gasteiger charge is 2.35. The molecule has 3 rings (SSSR count). The summed E-state index contributed by atoms with van der Waals surface area (Å²) in [6, 6.07) is 12.2. The molecule has 0 bridgehead atoms. The number of aromatic amines is 1. The fourth-order valence-electron chi connectivity index (χ4n) is 3.18. The number of ether oxygens (including phenoxy) is 1. The number of hydrogen-bond donors (Lipinski definition) is 2. The van der Waals surface area contributed by atoms with Crippen molar-refractivity contribution in [1.29, 1.82) is 0 Å². The van der Waals surface area contributed by atoms with Gasteiger partial charge in [0.15, 0.2) is 0 Å². The van der Waals surface area contributed by atoms with Gasteiger partial charge in [0, 0.05) is 24.8 Å². The molecule has 2 aromatic rings. The lowest BCUT2D eigenvalue weighted by Gasteiger charge is -2.39. The second-order valence-electron chi connectivity index (χ2n) is 5.73. The molecule has 1 unspecified atom stereocenters. The molecule has 4 heteroatoms. The van der Waals surface area contributed by atoms with E-state index < -0.39 is 0 Å². The quantitative estimate of drug-likeness (QED) is 0.891. The third-order valence-electron chi connectivity index (χ3n) is 4.45. The molecule has 0 aliphatic carbocycles. The van der Waals surface area contributed by atoms with E-state index in [1.807, 2.05) is 12.1 Å². The standard InChI is InChI=1S/C18H22N2O2/c1-2-18(13-19-12-15-7-5-10-20-17(15)21)16-8-4-3-6-14(16)9-11-22-18/h3-8,10,19H,2,9,11-13H2,1H3,(H,20,21). The summed E-state index contributed by atoms with van der Waals surface area (Å²) in [6.07, 6.45) is 3.53. The number of hydrogen-bond acceptors (Lipinski definition) is 3. The summed E-state index contributed by atoms with van der Waals surface area (Å²) in [5.41, 5.74) is 3.06. The van der Waals surface area contributed by atoms with Crippen LogP contribution in [0.1, 0.15) is 30.0 Å². The Morgan fingerprint density at radius 1 is 1.27 bits per heavy atom. The molecule has 1 aliphatic heterocycles. The first-order chi connectivity index (χ1) is 10.7. The first-order valence-electron chi connectivity index (χ1n) is 7.85. The van der Waals surface area contributed by atoms with Crippen LogP contribution in [0.5, 0.6) is 0 Å². The van der Waals surface area contributed by atoms with Crippen LogP contribution >= 0.6 is 0 Å². The predicted molar refractivity (Wildman–Crippen MR) is 86.8 cm³/mol. The number of nitrogens with one attached hydrogen (secondary N) is 2. The predicted octanol–water partition coefficient (Wildman–Crippen LogP) is 2.34. The molecule has 1 aromatic heterocycles. The molecule has 1 atom stereocenters. The summed E-state index contributed by atoms with van der Waals surface area (Å²) < 4.78 is 6.16.